The topological polar surface area (TPSA) is 53.6 Å². The lowest BCUT2D eigenvalue weighted by Crippen LogP contribution is -2.56. The first-order valence-electron chi connectivity index (χ1n) is 5.51. The van der Waals surface area contributed by atoms with E-state index in [9.17, 15) is 4.79 Å². The summed E-state index contributed by atoms with van der Waals surface area (Å²) in [5, 5.41) is 6.43. The van der Waals surface area contributed by atoms with Gasteiger partial charge in [0.1, 0.15) is 0 Å². The number of nitrogens with one attached hydrogen (secondary N) is 2. The first-order chi connectivity index (χ1) is 7.29. The molecule has 1 rings (SSSR count). The van der Waals surface area contributed by atoms with E-state index in [2.05, 4.69) is 10.6 Å². The summed E-state index contributed by atoms with van der Waals surface area (Å²) < 4.78 is 4.98. The van der Waals surface area contributed by atoms with Gasteiger partial charge in [-0.3, -0.25) is 4.79 Å². The second-order valence-electron chi connectivity index (χ2n) is 3.62. The molecule has 1 aliphatic rings. The summed E-state index contributed by atoms with van der Waals surface area (Å²) in [4.78, 5) is 13.8. The molecule has 1 heterocycles. The third kappa shape index (κ3) is 3.77. The maximum absolute atomic E-state index is 12.0. The molecule has 0 radical (unpaired) electrons. The first kappa shape index (κ1) is 12.4. The van der Waals surface area contributed by atoms with Crippen LogP contribution >= 0.6 is 0 Å². The smallest absolute Gasteiger partial charge is 0.241 e. The average molecular weight is 215 g/mol. The van der Waals surface area contributed by atoms with Gasteiger partial charge in [0.05, 0.1) is 12.6 Å². The Morgan fingerprint density at radius 1 is 1.53 bits per heavy atom. The van der Waals surface area contributed by atoms with Gasteiger partial charge >= 0.3 is 0 Å². The summed E-state index contributed by atoms with van der Waals surface area (Å²) in [7, 11) is 1.65. The van der Waals surface area contributed by atoms with E-state index in [1.165, 1.54) is 0 Å². The van der Waals surface area contributed by atoms with Crippen LogP contribution in [0.5, 0.6) is 0 Å². The van der Waals surface area contributed by atoms with Crippen molar-refractivity contribution in [2.45, 2.75) is 13.0 Å². The van der Waals surface area contributed by atoms with Gasteiger partial charge in [0, 0.05) is 39.8 Å². The van der Waals surface area contributed by atoms with Gasteiger partial charge in [0.15, 0.2) is 0 Å². The number of likely N-dealkylation sites (N-methyl/N-ethyl adjacent to an activating group) is 1. The minimum Gasteiger partial charge on any atom is -0.383 e. The van der Waals surface area contributed by atoms with Crippen LogP contribution in [0.2, 0.25) is 0 Å². The van der Waals surface area contributed by atoms with E-state index in [-0.39, 0.29) is 11.9 Å². The molecule has 0 saturated carbocycles. The van der Waals surface area contributed by atoms with Crippen LogP contribution in [0.15, 0.2) is 0 Å². The monoisotopic (exact) mass is 215 g/mol. The van der Waals surface area contributed by atoms with E-state index in [0.717, 1.165) is 26.2 Å². The predicted molar refractivity (Wildman–Crippen MR) is 58.8 cm³/mol. The summed E-state index contributed by atoms with van der Waals surface area (Å²) in [5.74, 6) is 0.168. The molecule has 0 aliphatic carbocycles. The van der Waals surface area contributed by atoms with Gasteiger partial charge in [-0.15, -0.1) is 0 Å². The molecule has 0 aromatic carbocycles. The van der Waals surface area contributed by atoms with Crippen LogP contribution in [0.25, 0.3) is 0 Å². The van der Waals surface area contributed by atoms with Crippen LogP contribution in [-0.4, -0.2) is 63.3 Å². The Morgan fingerprint density at radius 2 is 2.33 bits per heavy atom. The standard InChI is InChI=1S/C10H21N3O2/c1-3-13(6-7-15-2)10(14)9-8-11-4-5-12-9/h9,11-12H,3-8H2,1-2H3. The number of carbonyl (C=O) groups is 1. The molecule has 88 valence electrons. The molecular weight excluding hydrogens is 194 g/mol. The fourth-order valence-electron chi connectivity index (χ4n) is 1.67. The van der Waals surface area contributed by atoms with Crippen LogP contribution in [-0.2, 0) is 9.53 Å². The molecule has 5 heteroatoms. The van der Waals surface area contributed by atoms with Crippen molar-refractivity contribution in [3.05, 3.63) is 0 Å². The number of rotatable bonds is 5. The fraction of sp³-hybridized carbons (Fsp3) is 0.900. The van der Waals surface area contributed by atoms with Crippen LogP contribution in [0.4, 0.5) is 0 Å². The number of methoxy groups -OCH3 is 1. The van der Waals surface area contributed by atoms with Gasteiger partial charge < -0.3 is 20.3 Å². The molecule has 2 N–H and O–H groups in total. The van der Waals surface area contributed by atoms with Gasteiger partial charge in [-0.2, -0.15) is 0 Å². The van der Waals surface area contributed by atoms with Crippen molar-refractivity contribution >= 4 is 5.91 Å². The summed E-state index contributed by atoms with van der Waals surface area (Å²) in [6.07, 6.45) is 0. The number of amides is 1. The Balaban J connectivity index is 2.40. The van der Waals surface area contributed by atoms with E-state index < -0.39 is 0 Å². The van der Waals surface area contributed by atoms with Gasteiger partial charge in [-0.25, -0.2) is 0 Å². The van der Waals surface area contributed by atoms with Crippen LogP contribution in [0.3, 0.4) is 0 Å². The molecule has 1 aliphatic heterocycles. The molecule has 5 nitrogen and oxygen atoms in total. The van der Waals surface area contributed by atoms with E-state index in [4.69, 9.17) is 4.74 Å². The van der Waals surface area contributed by atoms with Gasteiger partial charge in [-0.05, 0) is 6.92 Å². The number of piperazine rings is 1. The third-order valence-electron chi connectivity index (χ3n) is 2.60. The fourth-order valence-corrected chi connectivity index (χ4v) is 1.67. The first-order valence-corrected chi connectivity index (χ1v) is 5.51. The summed E-state index contributed by atoms with van der Waals surface area (Å²) in [6, 6.07) is -0.0736. The Labute approximate surface area is 91.2 Å². The molecule has 1 saturated heterocycles. The van der Waals surface area contributed by atoms with Crippen molar-refractivity contribution in [1.82, 2.24) is 15.5 Å². The Morgan fingerprint density at radius 3 is 2.87 bits per heavy atom. The maximum atomic E-state index is 12.0. The molecule has 0 bridgehead atoms. The molecule has 1 fully saturated rings. The van der Waals surface area contributed by atoms with Crippen molar-refractivity contribution < 1.29 is 9.53 Å². The number of hydrogen-bond donors (Lipinski definition) is 2. The molecule has 0 aromatic rings. The van der Waals surface area contributed by atoms with Gasteiger partial charge in [-0.1, -0.05) is 0 Å². The molecule has 1 unspecified atom stereocenters. The highest BCUT2D eigenvalue weighted by atomic mass is 16.5. The molecule has 15 heavy (non-hydrogen) atoms. The Hall–Kier alpha value is -0.650. The highest BCUT2D eigenvalue weighted by Crippen LogP contribution is 1.97. The van der Waals surface area contributed by atoms with Crippen molar-refractivity contribution in [3.63, 3.8) is 0 Å². The lowest BCUT2D eigenvalue weighted by Gasteiger charge is -2.29. The Kier molecular flexibility index (Phi) is 5.60. The zero-order valence-electron chi connectivity index (χ0n) is 9.58. The molecule has 0 spiro atoms. The quantitative estimate of drug-likeness (QED) is 0.620. The Bertz CT molecular complexity index is 193. The van der Waals surface area contributed by atoms with Gasteiger partial charge in [0.25, 0.3) is 0 Å². The zero-order chi connectivity index (χ0) is 11.1. The third-order valence-corrected chi connectivity index (χ3v) is 2.60. The second-order valence-corrected chi connectivity index (χ2v) is 3.62. The normalized spacial score (nSPS) is 21.3. The van der Waals surface area contributed by atoms with Crippen molar-refractivity contribution in [3.8, 4) is 0 Å². The summed E-state index contributed by atoms with van der Waals surface area (Å²) in [6.45, 7) is 6.52. The van der Waals surface area contributed by atoms with Crippen LogP contribution < -0.4 is 10.6 Å². The number of carbonyl (C=O) groups excluding carboxylic acids is 1. The van der Waals surface area contributed by atoms with Gasteiger partial charge in [0.2, 0.25) is 5.91 Å². The second kappa shape index (κ2) is 6.76. The predicted octanol–water partition coefficient (Wildman–Crippen LogP) is -0.957. The summed E-state index contributed by atoms with van der Waals surface area (Å²) >= 11 is 0. The van der Waals surface area contributed by atoms with Crippen LogP contribution in [0.1, 0.15) is 6.92 Å². The molecular formula is C10H21N3O2. The highest BCUT2D eigenvalue weighted by molar-refractivity contribution is 5.82. The minimum atomic E-state index is -0.0736. The van der Waals surface area contributed by atoms with Crippen LogP contribution in [0, 0.1) is 0 Å². The molecule has 0 aromatic heterocycles. The zero-order valence-corrected chi connectivity index (χ0v) is 9.58. The number of hydrogen-bond acceptors (Lipinski definition) is 4. The van der Waals surface area contributed by atoms with Crippen molar-refractivity contribution in [1.29, 1.82) is 0 Å². The van der Waals surface area contributed by atoms with E-state index in [1.807, 2.05) is 11.8 Å². The van der Waals surface area contributed by atoms with E-state index in [0.29, 0.717) is 13.2 Å². The van der Waals surface area contributed by atoms with Crippen molar-refractivity contribution in [2.24, 2.45) is 0 Å². The number of nitrogens with zero attached hydrogens (tertiary/aromatic N) is 1. The van der Waals surface area contributed by atoms with E-state index in [1.54, 1.807) is 7.11 Å². The lowest BCUT2D eigenvalue weighted by atomic mass is 10.2. The summed E-state index contributed by atoms with van der Waals surface area (Å²) in [5.41, 5.74) is 0. The average Bonchev–Trinajstić information content (AvgIpc) is 2.31. The largest absolute Gasteiger partial charge is 0.383 e. The highest BCUT2D eigenvalue weighted by Gasteiger charge is 2.24. The SMILES string of the molecule is CCN(CCOC)C(=O)C1CNCCN1. The maximum Gasteiger partial charge on any atom is 0.241 e. The van der Waals surface area contributed by atoms with E-state index >= 15 is 0 Å². The number of ether oxygens (including phenoxy) is 1. The molecule has 1 amide bonds. The minimum absolute atomic E-state index is 0.0736. The lowest BCUT2D eigenvalue weighted by molar-refractivity contribution is -0.134. The van der Waals surface area contributed by atoms with Crippen molar-refractivity contribution in [2.75, 3.05) is 46.4 Å². The molecule has 1 atom stereocenters.